The van der Waals surface area contributed by atoms with Crippen LogP contribution in [0.1, 0.15) is 51.2 Å². The molecule has 0 bridgehead atoms. The lowest BCUT2D eigenvalue weighted by atomic mass is 9.97. The minimum absolute atomic E-state index is 0.0183. The van der Waals surface area contributed by atoms with Gasteiger partial charge in [-0.3, -0.25) is 0 Å². The summed E-state index contributed by atoms with van der Waals surface area (Å²) in [6, 6.07) is 0. The van der Waals surface area contributed by atoms with Crippen LogP contribution < -0.4 is 0 Å². The monoisotopic (exact) mass is 337 g/mol. The van der Waals surface area contributed by atoms with Gasteiger partial charge in [-0.2, -0.15) is 0 Å². The highest BCUT2D eigenvalue weighted by Gasteiger charge is 2.29. The van der Waals surface area contributed by atoms with E-state index in [9.17, 15) is 4.79 Å². The molecule has 1 aromatic heterocycles. The van der Waals surface area contributed by atoms with Crippen molar-refractivity contribution in [2.45, 2.75) is 46.1 Å². The minimum Gasteiger partial charge on any atom is -0.449 e. The summed E-state index contributed by atoms with van der Waals surface area (Å²) in [5.41, 5.74) is -0.0183. The number of rotatable bonds is 4. The lowest BCUT2D eigenvalue weighted by Gasteiger charge is -2.32. The van der Waals surface area contributed by atoms with Crippen LogP contribution in [0, 0.1) is 5.41 Å². The Balaban J connectivity index is 2.00. The van der Waals surface area contributed by atoms with Gasteiger partial charge in [-0.1, -0.05) is 20.8 Å². The van der Waals surface area contributed by atoms with Crippen LogP contribution in [0.4, 0.5) is 4.79 Å². The Hall–Kier alpha value is -1.63. The van der Waals surface area contributed by atoms with Crippen LogP contribution >= 0.6 is 0 Å². The van der Waals surface area contributed by atoms with Crippen LogP contribution in [0.25, 0.3) is 0 Å². The third-order valence-corrected chi connectivity index (χ3v) is 4.13. The molecule has 136 valence electrons. The lowest BCUT2D eigenvalue weighted by molar-refractivity contribution is 0.0640. The summed E-state index contributed by atoms with van der Waals surface area (Å²) in [6.07, 6.45) is 1.77. The second-order valence-electron chi connectivity index (χ2n) is 8.17. The summed E-state index contributed by atoms with van der Waals surface area (Å²) >= 11 is 0. The molecule has 0 unspecified atom stereocenters. The predicted molar refractivity (Wildman–Crippen MR) is 92.7 cm³/mol. The van der Waals surface area contributed by atoms with Crippen LogP contribution in [-0.4, -0.2) is 64.4 Å². The summed E-state index contributed by atoms with van der Waals surface area (Å²) in [5, 5.41) is 8.69. The van der Waals surface area contributed by atoms with Crippen molar-refractivity contribution in [3.05, 3.63) is 11.6 Å². The van der Waals surface area contributed by atoms with Crippen LogP contribution in [-0.2, 0) is 18.3 Å². The van der Waals surface area contributed by atoms with Gasteiger partial charge >= 0.3 is 6.09 Å². The molecule has 1 saturated heterocycles. The fraction of sp³-hybridized carbons (Fsp3) is 0.824. The van der Waals surface area contributed by atoms with Gasteiger partial charge in [0.15, 0.2) is 0 Å². The fourth-order valence-electron chi connectivity index (χ4n) is 2.87. The maximum absolute atomic E-state index is 12.3. The molecule has 0 aliphatic carbocycles. The Morgan fingerprint density at radius 2 is 2.04 bits per heavy atom. The van der Waals surface area contributed by atoms with Gasteiger partial charge in [0.25, 0.3) is 0 Å². The molecule has 0 aromatic carbocycles. The van der Waals surface area contributed by atoms with Crippen molar-refractivity contribution in [2.75, 3.05) is 33.8 Å². The smallest absolute Gasteiger partial charge is 0.409 e. The van der Waals surface area contributed by atoms with Gasteiger partial charge in [-0.15, -0.1) is 10.2 Å². The highest BCUT2D eigenvalue weighted by Crippen LogP contribution is 2.26. The zero-order chi connectivity index (χ0) is 17.9. The number of piperidine rings is 1. The number of carbonyl (C=O) groups excluding carboxylic acids is 1. The van der Waals surface area contributed by atoms with Gasteiger partial charge in [0, 0.05) is 26.1 Å². The molecule has 2 rings (SSSR count). The fourth-order valence-corrected chi connectivity index (χ4v) is 2.87. The van der Waals surface area contributed by atoms with Gasteiger partial charge in [0.05, 0.1) is 13.2 Å². The number of aromatic nitrogens is 3. The molecule has 0 N–H and O–H groups in total. The van der Waals surface area contributed by atoms with Crippen LogP contribution in [0.2, 0.25) is 0 Å². The number of carbonyl (C=O) groups is 1. The largest absolute Gasteiger partial charge is 0.449 e. The van der Waals surface area contributed by atoms with Gasteiger partial charge in [-0.25, -0.2) is 4.79 Å². The van der Waals surface area contributed by atoms with Gasteiger partial charge in [0.1, 0.15) is 11.6 Å². The molecule has 1 aromatic rings. The highest BCUT2D eigenvalue weighted by molar-refractivity contribution is 5.67. The maximum atomic E-state index is 12.3. The molecule has 1 amide bonds. The van der Waals surface area contributed by atoms with E-state index >= 15 is 0 Å². The van der Waals surface area contributed by atoms with E-state index in [4.69, 9.17) is 4.74 Å². The van der Waals surface area contributed by atoms with Crippen molar-refractivity contribution in [3.8, 4) is 0 Å². The van der Waals surface area contributed by atoms with E-state index in [0.717, 1.165) is 37.6 Å². The van der Waals surface area contributed by atoms with E-state index in [-0.39, 0.29) is 17.4 Å². The number of hydrogen-bond acceptors (Lipinski definition) is 5. The van der Waals surface area contributed by atoms with E-state index in [2.05, 4.69) is 40.4 Å². The van der Waals surface area contributed by atoms with E-state index in [0.29, 0.717) is 13.2 Å². The molecule has 24 heavy (non-hydrogen) atoms. The first-order chi connectivity index (χ1) is 11.2. The summed E-state index contributed by atoms with van der Waals surface area (Å²) in [4.78, 5) is 16.2. The molecular formula is C17H31N5O2. The summed E-state index contributed by atoms with van der Waals surface area (Å²) < 4.78 is 7.52. The first kappa shape index (κ1) is 18.7. The van der Waals surface area contributed by atoms with Crippen molar-refractivity contribution in [3.63, 3.8) is 0 Å². The molecule has 1 fully saturated rings. The molecule has 7 heteroatoms. The average molecular weight is 337 g/mol. The van der Waals surface area contributed by atoms with Gasteiger partial charge < -0.3 is 19.1 Å². The Kier molecular flexibility index (Phi) is 5.85. The topological polar surface area (TPSA) is 63.5 Å². The maximum Gasteiger partial charge on any atom is 0.409 e. The number of nitrogens with zero attached hydrogens (tertiary/aromatic N) is 5. The zero-order valence-corrected chi connectivity index (χ0v) is 15.9. The standard InChI is InChI=1S/C17H31N5O2/c1-17(2,3)12-24-16(23)22-9-7-8-13(10-22)15-19-18-14(21(15)6)11-20(4)5/h13H,7-12H2,1-6H3/t13-/m0/s1. The van der Waals surface area contributed by atoms with Crippen molar-refractivity contribution in [1.29, 1.82) is 0 Å². The molecule has 2 heterocycles. The Labute approximate surface area is 145 Å². The van der Waals surface area contributed by atoms with Crippen LogP contribution in [0.5, 0.6) is 0 Å². The molecule has 1 aliphatic heterocycles. The average Bonchev–Trinajstić information content (AvgIpc) is 2.85. The predicted octanol–water partition coefficient (Wildman–Crippen LogP) is 2.24. The second-order valence-corrected chi connectivity index (χ2v) is 8.17. The van der Waals surface area contributed by atoms with Crippen molar-refractivity contribution in [1.82, 2.24) is 24.6 Å². The van der Waals surface area contributed by atoms with Crippen LogP contribution in [0.15, 0.2) is 0 Å². The first-order valence-corrected chi connectivity index (χ1v) is 8.62. The van der Waals surface area contributed by atoms with Crippen LogP contribution in [0.3, 0.4) is 0 Å². The summed E-state index contributed by atoms with van der Waals surface area (Å²) in [6.45, 7) is 8.78. The zero-order valence-electron chi connectivity index (χ0n) is 15.9. The number of hydrogen-bond donors (Lipinski definition) is 0. The number of likely N-dealkylation sites (tertiary alicyclic amines) is 1. The lowest BCUT2D eigenvalue weighted by Crippen LogP contribution is -2.41. The molecule has 0 radical (unpaired) electrons. The van der Waals surface area contributed by atoms with Crippen molar-refractivity contribution < 1.29 is 9.53 Å². The normalized spacial score (nSPS) is 19.0. The molecule has 0 spiro atoms. The Morgan fingerprint density at radius 1 is 1.33 bits per heavy atom. The molecule has 1 atom stereocenters. The Morgan fingerprint density at radius 3 is 2.67 bits per heavy atom. The van der Waals surface area contributed by atoms with E-state index in [1.54, 1.807) is 4.90 Å². The van der Waals surface area contributed by atoms with Gasteiger partial charge in [0.2, 0.25) is 0 Å². The molecular weight excluding hydrogens is 306 g/mol. The van der Waals surface area contributed by atoms with Crippen molar-refractivity contribution in [2.24, 2.45) is 12.5 Å². The quantitative estimate of drug-likeness (QED) is 0.843. The van der Waals surface area contributed by atoms with Crippen molar-refractivity contribution >= 4 is 6.09 Å². The molecule has 1 aliphatic rings. The minimum atomic E-state index is -0.217. The summed E-state index contributed by atoms with van der Waals surface area (Å²) in [5.74, 6) is 2.12. The third kappa shape index (κ3) is 4.93. The molecule has 7 nitrogen and oxygen atoms in total. The van der Waals surface area contributed by atoms with Gasteiger partial charge in [-0.05, 0) is 32.4 Å². The van der Waals surface area contributed by atoms with E-state index < -0.39 is 0 Å². The van der Waals surface area contributed by atoms with E-state index in [1.807, 2.05) is 21.1 Å². The first-order valence-electron chi connectivity index (χ1n) is 8.62. The summed E-state index contributed by atoms with van der Waals surface area (Å²) in [7, 11) is 6.04. The second kappa shape index (κ2) is 7.51. The third-order valence-electron chi connectivity index (χ3n) is 4.13. The number of ether oxygens (including phenoxy) is 1. The highest BCUT2D eigenvalue weighted by atomic mass is 16.6. The molecule has 0 saturated carbocycles. The van der Waals surface area contributed by atoms with E-state index in [1.165, 1.54) is 0 Å². The number of amides is 1. The SMILES string of the molecule is CN(C)Cc1nnc([C@H]2CCCN(C(=O)OCC(C)(C)C)C2)n1C. The Bertz CT molecular complexity index is 562.